The molecule has 1 rings (SSSR count). The second-order valence-electron chi connectivity index (χ2n) is 2.03. The minimum atomic E-state index is -0.515. The minimum absolute atomic E-state index is 0.140. The largest absolute Gasteiger partial charge is 0.340 e. The van der Waals surface area contributed by atoms with Crippen LogP contribution in [0, 0.1) is 11.3 Å². The van der Waals surface area contributed by atoms with Crippen LogP contribution in [0.4, 0.5) is 0 Å². The van der Waals surface area contributed by atoms with E-state index in [1.54, 1.807) is 0 Å². The lowest BCUT2D eigenvalue weighted by molar-refractivity contribution is 0.691. The van der Waals surface area contributed by atoms with Gasteiger partial charge in [0.05, 0.1) is 18.5 Å². The van der Waals surface area contributed by atoms with E-state index < -0.39 is 11.7 Å². The molecule has 0 saturated carbocycles. The highest BCUT2D eigenvalue weighted by atomic mass is 16.1. The van der Waals surface area contributed by atoms with Gasteiger partial charge in [-0.15, -0.1) is 0 Å². The highest BCUT2D eigenvalue weighted by molar-refractivity contribution is 4.94. The zero-order valence-corrected chi connectivity index (χ0v) is 5.66. The van der Waals surface area contributed by atoms with Gasteiger partial charge in [-0.1, -0.05) is 0 Å². The van der Waals surface area contributed by atoms with Crippen molar-refractivity contribution >= 4 is 0 Å². The first kappa shape index (κ1) is 7.50. The molecule has 0 aromatic carbocycles. The van der Waals surface area contributed by atoms with Crippen LogP contribution in [-0.2, 0) is 0 Å². The summed E-state index contributed by atoms with van der Waals surface area (Å²) in [5.41, 5.74) is 5.03. The van der Waals surface area contributed by atoms with Gasteiger partial charge in [-0.25, -0.2) is 9.89 Å². The molecule has 6 nitrogen and oxygen atoms in total. The van der Waals surface area contributed by atoms with Crippen molar-refractivity contribution in [3.8, 4) is 6.07 Å². The summed E-state index contributed by atoms with van der Waals surface area (Å²) in [5.74, 6) is 0.316. The maximum absolute atomic E-state index is 10.5. The summed E-state index contributed by atoms with van der Waals surface area (Å²) in [5, 5.41) is 14.0. The summed E-state index contributed by atoms with van der Waals surface area (Å²) in [6.45, 7) is 0. The van der Waals surface area contributed by atoms with Crippen molar-refractivity contribution in [2.24, 2.45) is 5.73 Å². The third kappa shape index (κ3) is 1.65. The zero-order chi connectivity index (χ0) is 8.27. The minimum Gasteiger partial charge on any atom is -0.320 e. The van der Waals surface area contributed by atoms with Crippen molar-refractivity contribution in [2.45, 2.75) is 12.5 Å². The summed E-state index contributed by atoms with van der Waals surface area (Å²) < 4.78 is 0. The van der Waals surface area contributed by atoms with Crippen LogP contribution in [0.25, 0.3) is 0 Å². The summed E-state index contributed by atoms with van der Waals surface area (Å²) in [6.07, 6.45) is 0.140. The van der Waals surface area contributed by atoms with Gasteiger partial charge in [0, 0.05) is 0 Å². The quantitative estimate of drug-likeness (QED) is 0.506. The number of nitrogens with zero attached hydrogens (tertiary/aromatic N) is 2. The molecule has 1 aromatic rings. The number of aromatic amines is 2. The van der Waals surface area contributed by atoms with Crippen molar-refractivity contribution in [1.29, 1.82) is 5.26 Å². The molecule has 1 heterocycles. The lowest BCUT2D eigenvalue weighted by atomic mass is 10.2. The van der Waals surface area contributed by atoms with Gasteiger partial charge in [-0.05, 0) is 0 Å². The molecule has 11 heavy (non-hydrogen) atoms. The molecule has 4 N–H and O–H groups in total. The van der Waals surface area contributed by atoms with Crippen LogP contribution in [0.1, 0.15) is 18.3 Å². The Labute approximate surface area is 62.0 Å². The smallest absolute Gasteiger partial charge is 0.320 e. The van der Waals surface area contributed by atoms with Crippen molar-refractivity contribution in [3.63, 3.8) is 0 Å². The summed E-state index contributed by atoms with van der Waals surface area (Å²) in [4.78, 5) is 12.8. The second kappa shape index (κ2) is 2.98. The Kier molecular flexibility index (Phi) is 2.03. The maximum Gasteiger partial charge on any atom is 0.340 e. The van der Waals surface area contributed by atoms with E-state index >= 15 is 0 Å². The highest BCUT2D eigenvalue weighted by Crippen LogP contribution is 2.03. The molecule has 0 amide bonds. The molecular weight excluding hydrogens is 146 g/mol. The van der Waals surface area contributed by atoms with Gasteiger partial charge >= 0.3 is 5.69 Å². The molecule has 58 valence electrons. The van der Waals surface area contributed by atoms with Gasteiger partial charge in [-0.3, -0.25) is 4.98 Å². The van der Waals surface area contributed by atoms with Gasteiger partial charge in [0.15, 0.2) is 0 Å². The fourth-order valence-corrected chi connectivity index (χ4v) is 0.654. The first-order valence-electron chi connectivity index (χ1n) is 3.01. The van der Waals surface area contributed by atoms with E-state index in [1.165, 1.54) is 0 Å². The van der Waals surface area contributed by atoms with Crippen LogP contribution in [0.15, 0.2) is 4.79 Å². The predicted molar refractivity (Wildman–Crippen MR) is 36.4 cm³/mol. The summed E-state index contributed by atoms with van der Waals surface area (Å²) in [6, 6.07) is 1.36. The summed E-state index contributed by atoms with van der Waals surface area (Å²) >= 11 is 0. The fraction of sp³-hybridized carbons (Fsp3) is 0.400. The monoisotopic (exact) mass is 153 g/mol. The normalized spacial score (nSPS) is 12.4. The molecule has 1 aromatic heterocycles. The van der Waals surface area contributed by atoms with E-state index in [2.05, 4.69) is 15.2 Å². The number of nitriles is 1. The van der Waals surface area contributed by atoms with Gasteiger partial charge in [0.25, 0.3) is 0 Å². The SMILES string of the molecule is N#CC[C@@H](N)c1n[nH]c(=O)[nH]1. The van der Waals surface area contributed by atoms with Crippen LogP contribution in [0.2, 0.25) is 0 Å². The van der Waals surface area contributed by atoms with E-state index in [9.17, 15) is 4.79 Å². The highest BCUT2D eigenvalue weighted by Gasteiger charge is 2.08. The number of hydrogen-bond donors (Lipinski definition) is 3. The zero-order valence-electron chi connectivity index (χ0n) is 5.66. The van der Waals surface area contributed by atoms with E-state index in [0.29, 0.717) is 5.82 Å². The topological polar surface area (TPSA) is 111 Å². The van der Waals surface area contributed by atoms with Gasteiger partial charge in [-0.2, -0.15) is 10.4 Å². The average Bonchev–Trinajstić information content (AvgIpc) is 2.36. The van der Waals surface area contributed by atoms with Crippen LogP contribution in [0.5, 0.6) is 0 Å². The standard InChI is InChI=1S/C5H7N5O/c6-2-1-3(7)4-8-5(11)10-9-4/h3H,1,7H2,(H2,8,9,10,11)/t3-/m1/s1. The molecular formula is C5H7N5O. The fourth-order valence-electron chi connectivity index (χ4n) is 0.654. The molecule has 0 unspecified atom stereocenters. The van der Waals surface area contributed by atoms with E-state index in [4.69, 9.17) is 11.0 Å². The van der Waals surface area contributed by atoms with E-state index in [1.807, 2.05) is 6.07 Å². The lowest BCUT2D eigenvalue weighted by Gasteiger charge is -1.98. The number of rotatable bonds is 2. The Morgan fingerprint density at radius 1 is 1.82 bits per heavy atom. The van der Waals surface area contributed by atoms with Gasteiger partial charge in [0.1, 0.15) is 5.82 Å². The Morgan fingerprint density at radius 3 is 3.00 bits per heavy atom. The Morgan fingerprint density at radius 2 is 2.55 bits per heavy atom. The molecule has 0 aliphatic heterocycles. The number of nitrogens with one attached hydrogen (secondary N) is 2. The van der Waals surface area contributed by atoms with Gasteiger partial charge < -0.3 is 5.73 Å². The Hall–Kier alpha value is -1.61. The van der Waals surface area contributed by atoms with Crippen molar-refractivity contribution < 1.29 is 0 Å². The lowest BCUT2D eigenvalue weighted by Crippen LogP contribution is -2.12. The number of H-pyrrole nitrogens is 2. The van der Waals surface area contributed by atoms with Gasteiger partial charge in [0.2, 0.25) is 0 Å². The molecule has 0 aliphatic carbocycles. The molecule has 1 atom stereocenters. The molecule has 0 saturated heterocycles. The first-order valence-corrected chi connectivity index (χ1v) is 3.01. The van der Waals surface area contributed by atoms with Crippen LogP contribution in [-0.4, -0.2) is 15.2 Å². The third-order valence-electron chi connectivity index (χ3n) is 1.18. The van der Waals surface area contributed by atoms with Crippen molar-refractivity contribution in [1.82, 2.24) is 15.2 Å². The molecule has 0 fully saturated rings. The van der Waals surface area contributed by atoms with E-state index in [0.717, 1.165) is 0 Å². The Balaban J connectivity index is 2.78. The average molecular weight is 153 g/mol. The third-order valence-corrected chi connectivity index (χ3v) is 1.18. The summed E-state index contributed by atoms with van der Waals surface area (Å²) in [7, 11) is 0. The predicted octanol–water partition coefficient (Wildman–Crippen LogP) is -0.989. The van der Waals surface area contributed by atoms with Crippen molar-refractivity contribution in [2.75, 3.05) is 0 Å². The first-order chi connectivity index (χ1) is 5.24. The number of aromatic nitrogens is 3. The van der Waals surface area contributed by atoms with Crippen molar-refractivity contribution in [3.05, 3.63) is 16.3 Å². The Bertz CT molecular complexity index is 318. The molecule has 0 bridgehead atoms. The number of hydrogen-bond acceptors (Lipinski definition) is 4. The molecule has 0 aliphatic rings. The van der Waals surface area contributed by atoms with Crippen LogP contribution < -0.4 is 11.4 Å². The molecule has 0 spiro atoms. The van der Waals surface area contributed by atoms with Crippen LogP contribution >= 0.6 is 0 Å². The molecule has 0 radical (unpaired) electrons. The molecule has 6 heteroatoms. The van der Waals surface area contributed by atoms with Crippen LogP contribution in [0.3, 0.4) is 0 Å². The second-order valence-corrected chi connectivity index (χ2v) is 2.03. The maximum atomic E-state index is 10.5. The van der Waals surface area contributed by atoms with E-state index in [-0.39, 0.29) is 6.42 Å². The number of nitrogens with two attached hydrogens (primary N) is 1.